The Balaban J connectivity index is 1.88. The minimum absolute atomic E-state index is 0.154. The number of ether oxygens (including phenoxy) is 2. The Labute approximate surface area is 92.8 Å². The largest absolute Gasteiger partial charge is 0.489 e. The molecule has 1 unspecified atom stereocenters. The predicted molar refractivity (Wildman–Crippen MR) is 59.0 cm³/mol. The Hall–Kier alpha value is -1.16. The van der Waals surface area contributed by atoms with Gasteiger partial charge in [-0.2, -0.15) is 0 Å². The first-order chi connectivity index (χ1) is 7.25. The van der Waals surface area contributed by atoms with Crippen LogP contribution in [0.15, 0.2) is 24.3 Å². The monoisotopic (exact) mass is 224 g/mol. The summed E-state index contributed by atoms with van der Waals surface area (Å²) in [4.78, 5) is 10.8. The first-order valence-electron chi connectivity index (χ1n) is 4.75. The molecule has 3 nitrogen and oxygen atoms in total. The highest BCUT2D eigenvalue weighted by Crippen LogP contribution is 2.23. The lowest BCUT2D eigenvalue weighted by Gasteiger charge is -2.11. The van der Waals surface area contributed by atoms with Crippen LogP contribution in [0.1, 0.15) is 5.56 Å². The summed E-state index contributed by atoms with van der Waals surface area (Å²) in [6, 6.07) is 7.79. The van der Waals surface area contributed by atoms with Crippen LogP contribution in [0.2, 0.25) is 0 Å². The van der Waals surface area contributed by atoms with Gasteiger partial charge in [0.05, 0.1) is 5.75 Å². The molecule has 0 radical (unpaired) electrons. The molecule has 0 bridgehead atoms. The van der Waals surface area contributed by atoms with Gasteiger partial charge >= 0.3 is 5.97 Å². The quantitative estimate of drug-likeness (QED) is 0.735. The number of hydrogen-bond acceptors (Lipinski definition) is 4. The summed E-state index contributed by atoms with van der Waals surface area (Å²) in [6.45, 7) is 2.41. The number of aryl methyl sites for hydroxylation is 1. The highest BCUT2D eigenvalue weighted by atomic mass is 32.2. The summed E-state index contributed by atoms with van der Waals surface area (Å²) in [5.41, 5.74) is 0.934. The average Bonchev–Trinajstić information content (AvgIpc) is 2.63. The fourth-order valence-electron chi connectivity index (χ4n) is 1.33. The molecular formula is C11H12O3S. The summed E-state index contributed by atoms with van der Waals surface area (Å²) in [6.07, 6.45) is 0. The van der Waals surface area contributed by atoms with Crippen molar-refractivity contribution < 1.29 is 14.3 Å². The van der Waals surface area contributed by atoms with Crippen LogP contribution in [-0.4, -0.2) is 23.8 Å². The zero-order valence-corrected chi connectivity index (χ0v) is 9.25. The van der Waals surface area contributed by atoms with Gasteiger partial charge in [0, 0.05) is 0 Å². The van der Waals surface area contributed by atoms with Crippen LogP contribution in [0, 0.1) is 6.92 Å². The predicted octanol–water partition coefficient (Wildman–Crippen LogP) is 1.99. The number of carbonyl (C=O) groups is 1. The minimum atomic E-state index is -0.155. The van der Waals surface area contributed by atoms with E-state index < -0.39 is 0 Å². The number of carbonyl (C=O) groups excluding carboxylic acids is 1. The third-order valence-corrected chi connectivity index (χ3v) is 3.12. The molecule has 0 aromatic heterocycles. The molecule has 0 amide bonds. The fraction of sp³-hybridized carbons (Fsp3) is 0.364. The standard InChI is InChI=1S/C11H12O3S/c1-8-4-2-3-5-9(8)13-6-11-14-10(12)7-15-11/h2-5,11H,6-7H2,1H3. The second kappa shape index (κ2) is 4.57. The van der Waals surface area contributed by atoms with Crippen molar-refractivity contribution in [2.45, 2.75) is 12.4 Å². The minimum Gasteiger partial charge on any atom is -0.489 e. The van der Waals surface area contributed by atoms with Crippen molar-refractivity contribution in [3.8, 4) is 5.75 Å². The maximum absolute atomic E-state index is 10.8. The van der Waals surface area contributed by atoms with E-state index in [9.17, 15) is 4.79 Å². The summed E-state index contributed by atoms with van der Waals surface area (Å²) in [5.74, 6) is 1.13. The van der Waals surface area contributed by atoms with E-state index >= 15 is 0 Å². The fourth-order valence-corrected chi connectivity index (χ4v) is 2.06. The third kappa shape index (κ3) is 2.65. The van der Waals surface area contributed by atoms with Crippen LogP contribution in [0.3, 0.4) is 0 Å². The molecule has 1 heterocycles. The molecule has 1 aliphatic rings. The summed E-state index contributed by atoms with van der Waals surface area (Å²) in [7, 11) is 0. The highest BCUT2D eigenvalue weighted by molar-refractivity contribution is 8.00. The maximum atomic E-state index is 10.8. The van der Waals surface area contributed by atoms with Crippen molar-refractivity contribution in [1.29, 1.82) is 0 Å². The van der Waals surface area contributed by atoms with E-state index in [1.807, 2.05) is 31.2 Å². The summed E-state index contributed by atoms with van der Waals surface area (Å²) in [5, 5.41) is 0. The van der Waals surface area contributed by atoms with Gasteiger partial charge in [0.15, 0.2) is 5.44 Å². The van der Waals surface area contributed by atoms with Gasteiger partial charge in [-0.15, -0.1) is 11.8 Å². The molecule has 2 rings (SSSR count). The zero-order valence-electron chi connectivity index (χ0n) is 8.43. The Morgan fingerprint density at radius 3 is 3.00 bits per heavy atom. The molecule has 0 spiro atoms. The number of thioether (sulfide) groups is 1. The van der Waals surface area contributed by atoms with Gasteiger partial charge < -0.3 is 9.47 Å². The first kappa shape index (κ1) is 10.4. The van der Waals surface area contributed by atoms with E-state index in [-0.39, 0.29) is 11.4 Å². The van der Waals surface area contributed by atoms with Gasteiger partial charge in [0.25, 0.3) is 0 Å². The van der Waals surface area contributed by atoms with Crippen LogP contribution in [-0.2, 0) is 9.53 Å². The van der Waals surface area contributed by atoms with Crippen LogP contribution in [0.25, 0.3) is 0 Å². The Morgan fingerprint density at radius 2 is 2.33 bits per heavy atom. The molecule has 1 aliphatic heterocycles. The normalized spacial score (nSPS) is 20.1. The summed E-state index contributed by atoms with van der Waals surface area (Å²) < 4.78 is 10.6. The van der Waals surface area contributed by atoms with E-state index in [2.05, 4.69) is 0 Å². The molecule has 1 saturated heterocycles. The molecule has 80 valence electrons. The van der Waals surface area contributed by atoms with Crippen molar-refractivity contribution in [3.63, 3.8) is 0 Å². The number of para-hydroxylation sites is 1. The van der Waals surface area contributed by atoms with Gasteiger partial charge in [0.2, 0.25) is 0 Å². The van der Waals surface area contributed by atoms with Gasteiger partial charge in [-0.3, -0.25) is 4.79 Å². The van der Waals surface area contributed by atoms with Crippen LogP contribution in [0.4, 0.5) is 0 Å². The molecule has 15 heavy (non-hydrogen) atoms. The third-order valence-electron chi connectivity index (χ3n) is 2.12. The second-order valence-electron chi connectivity index (χ2n) is 3.31. The van der Waals surface area contributed by atoms with E-state index in [1.54, 1.807) is 0 Å². The molecule has 1 atom stereocenters. The van der Waals surface area contributed by atoms with Crippen LogP contribution in [0.5, 0.6) is 5.75 Å². The Morgan fingerprint density at radius 1 is 1.53 bits per heavy atom. The lowest BCUT2D eigenvalue weighted by molar-refractivity contribution is -0.140. The van der Waals surface area contributed by atoms with Gasteiger partial charge in [-0.05, 0) is 18.6 Å². The Bertz CT molecular complexity index is 365. The van der Waals surface area contributed by atoms with Crippen molar-refractivity contribution in [2.24, 2.45) is 0 Å². The number of hydrogen-bond donors (Lipinski definition) is 0. The van der Waals surface area contributed by atoms with E-state index in [4.69, 9.17) is 9.47 Å². The van der Waals surface area contributed by atoms with Gasteiger partial charge in [0.1, 0.15) is 12.4 Å². The van der Waals surface area contributed by atoms with Crippen molar-refractivity contribution in [1.82, 2.24) is 0 Å². The summed E-state index contributed by atoms with van der Waals surface area (Å²) >= 11 is 1.48. The molecule has 4 heteroatoms. The van der Waals surface area contributed by atoms with Gasteiger partial charge in [-0.25, -0.2) is 0 Å². The number of cyclic esters (lactones) is 1. The second-order valence-corrected chi connectivity index (χ2v) is 4.45. The molecule has 1 aromatic carbocycles. The average molecular weight is 224 g/mol. The van der Waals surface area contributed by atoms with Gasteiger partial charge in [-0.1, -0.05) is 18.2 Å². The molecule has 0 N–H and O–H groups in total. The topological polar surface area (TPSA) is 35.5 Å². The Kier molecular flexibility index (Phi) is 3.16. The van der Waals surface area contributed by atoms with Crippen molar-refractivity contribution in [3.05, 3.63) is 29.8 Å². The molecule has 0 aliphatic carbocycles. The number of esters is 1. The molecule has 0 saturated carbocycles. The molecular weight excluding hydrogens is 212 g/mol. The lowest BCUT2D eigenvalue weighted by atomic mass is 10.2. The smallest absolute Gasteiger partial charge is 0.317 e. The highest BCUT2D eigenvalue weighted by Gasteiger charge is 2.24. The van der Waals surface area contributed by atoms with Crippen molar-refractivity contribution >= 4 is 17.7 Å². The molecule has 1 fully saturated rings. The van der Waals surface area contributed by atoms with E-state index in [1.165, 1.54) is 11.8 Å². The number of rotatable bonds is 3. The SMILES string of the molecule is Cc1ccccc1OCC1OC(=O)CS1. The van der Waals surface area contributed by atoms with E-state index in [0.717, 1.165) is 11.3 Å². The maximum Gasteiger partial charge on any atom is 0.317 e. The van der Waals surface area contributed by atoms with Crippen LogP contribution >= 0.6 is 11.8 Å². The first-order valence-corrected chi connectivity index (χ1v) is 5.80. The lowest BCUT2D eigenvalue weighted by Crippen LogP contribution is -2.15. The number of benzene rings is 1. The molecule has 1 aromatic rings. The zero-order chi connectivity index (χ0) is 10.7. The van der Waals surface area contributed by atoms with E-state index in [0.29, 0.717) is 12.4 Å². The van der Waals surface area contributed by atoms with Crippen molar-refractivity contribution in [2.75, 3.05) is 12.4 Å². The van der Waals surface area contributed by atoms with Crippen LogP contribution < -0.4 is 4.74 Å².